The third-order valence-electron chi connectivity index (χ3n) is 1.97. The maximum atomic E-state index is 8.96. The van der Waals surface area contributed by atoms with Crippen LogP contribution in [0.4, 0.5) is 0 Å². The summed E-state index contributed by atoms with van der Waals surface area (Å²) in [7, 11) is 0. The number of rotatable bonds is 4. The third kappa shape index (κ3) is 3.21. The molecule has 1 N–H and O–H groups in total. The molecule has 0 fully saturated rings. The van der Waals surface area contributed by atoms with E-state index in [1.807, 2.05) is 0 Å². The van der Waals surface area contributed by atoms with Crippen LogP contribution in [-0.2, 0) is 0 Å². The van der Waals surface area contributed by atoms with Crippen molar-refractivity contribution in [1.29, 1.82) is 0 Å². The van der Waals surface area contributed by atoms with Gasteiger partial charge in [-0.15, -0.1) is 0 Å². The summed E-state index contributed by atoms with van der Waals surface area (Å²) in [6.45, 7) is 10.9. The van der Waals surface area contributed by atoms with Gasteiger partial charge in [0.2, 0.25) is 0 Å². The van der Waals surface area contributed by atoms with E-state index in [0.29, 0.717) is 12.1 Å². The van der Waals surface area contributed by atoms with E-state index in [1.165, 1.54) is 0 Å². The summed E-state index contributed by atoms with van der Waals surface area (Å²) >= 11 is 0. The van der Waals surface area contributed by atoms with E-state index in [4.69, 9.17) is 5.11 Å². The minimum Gasteiger partial charge on any atom is -0.395 e. The second-order valence-corrected chi connectivity index (χ2v) is 3.67. The van der Waals surface area contributed by atoms with Crippen molar-refractivity contribution in [2.24, 2.45) is 0 Å². The van der Waals surface area contributed by atoms with Crippen LogP contribution < -0.4 is 0 Å². The molecule has 0 saturated carbocycles. The molecule has 68 valence electrons. The normalized spacial score (nSPS) is 15.0. The van der Waals surface area contributed by atoms with Crippen LogP contribution in [0.15, 0.2) is 0 Å². The Bertz CT molecular complexity index is 93.7. The number of hydrogen-bond donors (Lipinski definition) is 1. The second kappa shape index (κ2) is 4.73. The standard InChI is InChI=1S/C9H21NO/c1-7(2)10(8(3)4)9(5)6-11/h7-9,11H,6H2,1-5H3/t9-/m0/s1. The number of hydrogen-bond acceptors (Lipinski definition) is 2. The van der Waals surface area contributed by atoms with Gasteiger partial charge in [0.05, 0.1) is 6.61 Å². The fourth-order valence-corrected chi connectivity index (χ4v) is 1.71. The van der Waals surface area contributed by atoms with Crippen molar-refractivity contribution in [3.63, 3.8) is 0 Å². The first-order valence-electron chi connectivity index (χ1n) is 4.39. The molecule has 11 heavy (non-hydrogen) atoms. The Labute approximate surface area is 70.2 Å². The lowest BCUT2D eigenvalue weighted by Crippen LogP contribution is -2.45. The van der Waals surface area contributed by atoms with Crippen LogP contribution in [0.3, 0.4) is 0 Å². The Morgan fingerprint density at radius 1 is 1.00 bits per heavy atom. The van der Waals surface area contributed by atoms with Gasteiger partial charge >= 0.3 is 0 Å². The molecule has 0 aliphatic rings. The van der Waals surface area contributed by atoms with Crippen molar-refractivity contribution < 1.29 is 5.11 Å². The summed E-state index contributed by atoms with van der Waals surface area (Å²) in [5.41, 5.74) is 0. The Kier molecular flexibility index (Phi) is 4.69. The van der Waals surface area contributed by atoms with Crippen LogP contribution in [0.1, 0.15) is 34.6 Å². The van der Waals surface area contributed by atoms with Crippen LogP contribution >= 0.6 is 0 Å². The fourth-order valence-electron chi connectivity index (χ4n) is 1.71. The Balaban J connectivity index is 4.09. The monoisotopic (exact) mass is 159 g/mol. The number of aliphatic hydroxyl groups excluding tert-OH is 1. The molecule has 0 aromatic rings. The van der Waals surface area contributed by atoms with Crippen LogP contribution in [0, 0.1) is 0 Å². The van der Waals surface area contributed by atoms with E-state index in [9.17, 15) is 0 Å². The predicted molar refractivity (Wildman–Crippen MR) is 48.7 cm³/mol. The second-order valence-electron chi connectivity index (χ2n) is 3.67. The van der Waals surface area contributed by atoms with Gasteiger partial charge in [-0.25, -0.2) is 0 Å². The molecule has 0 spiro atoms. The first kappa shape index (κ1) is 10.9. The molecule has 0 aromatic heterocycles. The Morgan fingerprint density at radius 2 is 1.36 bits per heavy atom. The van der Waals surface area contributed by atoms with E-state index < -0.39 is 0 Å². The molecule has 0 aliphatic heterocycles. The first-order valence-corrected chi connectivity index (χ1v) is 4.39. The zero-order valence-corrected chi connectivity index (χ0v) is 8.33. The van der Waals surface area contributed by atoms with Gasteiger partial charge in [-0.1, -0.05) is 0 Å². The van der Waals surface area contributed by atoms with Crippen molar-refractivity contribution in [2.45, 2.75) is 52.7 Å². The van der Waals surface area contributed by atoms with Gasteiger partial charge in [0.1, 0.15) is 0 Å². The van der Waals surface area contributed by atoms with Crippen molar-refractivity contribution in [3.8, 4) is 0 Å². The van der Waals surface area contributed by atoms with Gasteiger partial charge in [0, 0.05) is 18.1 Å². The molecule has 0 heterocycles. The molecule has 0 bridgehead atoms. The summed E-state index contributed by atoms with van der Waals surface area (Å²) in [5.74, 6) is 0. The molecule has 0 unspecified atom stereocenters. The molecule has 1 atom stereocenters. The number of aliphatic hydroxyl groups is 1. The highest BCUT2D eigenvalue weighted by Crippen LogP contribution is 2.09. The lowest BCUT2D eigenvalue weighted by Gasteiger charge is -2.35. The first-order chi connectivity index (χ1) is 5.00. The molecule has 0 aromatic carbocycles. The zero-order valence-electron chi connectivity index (χ0n) is 8.33. The van der Waals surface area contributed by atoms with E-state index in [1.54, 1.807) is 0 Å². The van der Waals surface area contributed by atoms with E-state index >= 15 is 0 Å². The average molecular weight is 159 g/mol. The van der Waals surface area contributed by atoms with Crippen molar-refractivity contribution in [3.05, 3.63) is 0 Å². The highest BCUT2D eigenvalue weighted by Gasteiger charge is 2.18. The molecular formula is C9H21NO. The van der Waals surface area contributed by atoms with Gasteiger partial charge in [-0.2, -0.15) is 0 Å². The van der Waals surface area contributed by atoms with Gasteiger partial charge in [0.25, 0.3) is 0 Å². The van der Waals surface area contributed by atoms with Crippen LogP contribution in [-0.4, -0.2) is 34.7 Å². The zero-order chi connectivity index (χ0) is 9.02. The molecular weight excluding hydrogens is 138 g/mol. The van der Waals surface area contributed by atoms with Gasteiger partial charge in [-0.3, -0.25) is 4.90 Å². The maximum Gasteiger partial charge on any atom is 0.0584 e. The van der Waals surface area contributed by atoms with Crippen molar-refractivity contribution >= 4 is 0 Å². The third-order valence-corrected chi connectivity index (χ3v) is 1.97. The summed E-state index contributed by atoms with van der Waals surface area (Å²) in [6, 6.07) is 1.30. The van der Waals surface area contributed by atoms with Gasteiger partial charge < -0.3 is 5.11 Å². The fraction of sp³-hybridized carbons (Fsp3) is 1.00. The molecule has 0 saturated heterocycles. The lowest BCUT2D eigenvalue weighted by atomic mass is 10.1. The van der Waals surface area contributed by atoms with Crippen LogP contribution in [0.25, 0.3) is 0 Å². The summed E-state index contributed by atoms with van der Waals surface area (Å²) < 4.78 is 0. The topological polar surface area (TPSA) is 23.5 Å². The SMILES string of the molecule is CC(C)N(C(C)C)[C@@H](C)CO. The average Bonchev–Trinajstić information content (AvgIpc) is 1.85. The Morgan fingerprint density at radius 3 is 1.45 bits per heavy atom. The van der Waals surface area contributed by atoms with Crippen LogP contribution in [0.5, 0.6) is 0 Å². The van der Waals surface area contributed by atoms with E-state index in [-0.39, 0.29) is 12.6 Å². The largest absolute Gasteiger partial charge is 0.395 e. The molecule has 2 heteroatoms. The maximum absolute atomic E-state index is 8.96. The van der Waals surface area contributed by atoms with Crippen LogP contribution in [0.2, 0.25) is 0 Å². The minimum absolute atomic E-state index is 0.246. The summed E-state index contributed by atoms with van der Waals surface area (Å²) in [4.78, 5) is 2.31. The Hall–Kier alpha value is -0.0800. The molecule has 0 amide bonds. The molecule has 0 radical (unpaired) electrons. The predicted octanol–water partition coefficient (Wildman–Crippen LogP) is 1.49. The summed E-state index contributed by atoms with van der Waals surface area (Å²) in [5, 5.41) is 8.96. The minimum atomic E-state index is 0.246. The van der Waals surface area contributed by atoms with Crippen molar-refractivity contribution in [1.82, 2.24) is 4.90 Å². The molecule has 0 rings (SSSR count). The molecule has 0 aliphatic carbocycles. The highest BCUT2D eigenvalue weighted by molar-refractivity contribution is 4.73. The lowest BCUT2D eigenvalue weighted by molar-refractivity contribution is 0.0779. The van der Waals surface area contributed by atoms with Gasteiger partial charge in [-0.05, 0) is 34.6 Å². The van der Waals surface area contributed by atoms with E-state index in [0.717, 1.165) is 0 Å². The number of nitrogens with zero attached hydrogens (tertiary/aromatic N) is 1. The van der Waals surface area contributed by atoms with Crippen molar-refractivity contribution in [2.75, 3.05) is 6.61 Å². The smallest absolute Gasteiger partial charge is 0.0584 e. The van der Waals surface area contributed by atoms with Gasteiger partial charge in [0.15, 0.2) is 0 Å². The quantitative estimate of drug-likeness (QED) is 0.671. The highest BCUT2D eigenvalue weighted by atomic mass is 16.3. The summed E-state index contributed by atoms with van der Waals surface area (Å²) in [6.07, 6.45) is 0. The molecule has 2 nitrogen and oxygen atoms in total. The van der Waals surface area contributed by atoms with E-state index in [2.05, 4.69) is 39.5 Å².